The molecule has 5 rings (SSSR count). The van der Waals surface area contributed by atoms with E-state index in [-0.39, 0.29) is 0 Å². The molecule has 2 fully saturated rings. The van der Waals surface area contributed by atoms with E-state index in [2.05, 4.69) is 48.8 Å². The molecule has 0 saturated carbocycles. The van der Waals surface area contributed by atoms with Gasteiger partial charge in [-0.15, -0.1) is 21.5 Å². The van der Waals surface area contributed by atoms with E-state index in [1.165, 1.54) is 17.1 Å². The van der Waals surface area contributed by atoms with Gasteiger partial charge in [0, 0.05) is 56.2 Å². The highest BCUT2D eigenvalue weighted by molar-refractivity contribution is 7.09. The van der Waals surface area contributed by atoms with E-state index in [0.29, 0.717) is 12.5 Å². The fourth-order valence-electron chi connectivity index (χ4n) is 4.54. The van der Waals surface area contributed by atoms with Crippen LogP contribution in [0.3, 0.4) is 0 Å². The van der Waals surface area contributed by atoms with Crippen LogP contribution in [0.15, 0.2) is 23.6 Å². The highest BCUT2D eigenvalue weighted by atomic mass is 32.1. The van der Waals surface area contributed by atoms with Gasteiger partial charge >= 0.3 is 0 Å². The summed E-state index contributed by atoms with van der Waals surface area (Å²) in [7, 11) is 1.71. The fourth-order valence-corrected chi connectivity index (χ4v) is 5.43. The molecule has 1 unspecified atom stereocenters. The van der Waals surface area contributed by atoms with Gasteiger partial charge in [-0.1, -0.05) is 0 Å². The number of morpholine rings is 1. The van der Waals surface area contributed by atoms with E-state index in [9.17, 15) is 0 Å². The van der Waals surface area contributed by atoms with Crippen molar-refractivity contribution in [2.24, 2.45) is 5.92 Å². The van der Waals surface area contributed by atoms with Crippen molar-refractivity contribution in [3.8, 4) is 0 Å². The average Bonchev–Trinajstić information content (AvgIpc) is 3.26. The molecule has 9 heteroatoms. The van der Waals surface area contributed by atoms with Crippen molar-refractivity contribution >= 4 is 33.7 Å². The summed E-state index contributed by atoms with van der Waals surface area (Å²) in [5, 5.41) is 17.2. The third kappa shape index (κ3) is 4.63. The van der Waals surface area contributed by atoms with Crippen LogP contribution in [0.5, 0.6) is 0 Å². The molecule has 0 radical (unpaired) electrons. The van der Waals surface area contributed by atoms with Gasteiger partial charge in [-0.25, -0.2) is 4.98 Å². The molecule has 0 bridgehead atoms. The zero-order valence-electron chi connectivity index (χ0n) is 17.9. The Labute approximate surface area is 186 Å². The van der Waals surface area contributed by atoms with Crippen LogP contribution >= 0.6 is 11.3 Å². The van der Waals surface area contributed by atoms with Crippen LogP contribution in [0.1, 0.15) is 23.5 Å². The molecule has 8 nitrogen and oxygen atoms in total. The number of methoxy groups -OCH3 is 1. The fraction of sp³-hybridized carbons (Fsp3) is 0.545. The first-order valence-electron chi connectivity index (χ1n) is 10.9. The smallest absolute Gasteiger partial charge is 0.162 e. The van der Waals surface area contributed by atoms with Gasteiger partial charge in [0.2, 0.25) is 0 Å². The van der Waals surface area contributed by atoms with Gasteiger partial charge in [0.05, 0.1) is 30.5 Å². The Morgan fingerprint density at radius 1 is 1.16 bits per heavy atom. The van der Waals surface area contributed by atoms with Gasteiger partial charge in [-0.2, -0.15) is 0 Å². The molecule has 2 aliphatic heterocycles. The lowest BCUT2D eigenvalue weighted by molar-refractivity contribution is 0.122. The minimum absolute atomic E-state index is 0.563. The van der Waals surface area contributed by atoms with Crippen LogP contribution in [-0.2, 0) is 22.5 Å². The Hall–Kier alpha value is -2.36. The number of rotatable bonds is 6. The Kier molecular flexibility index (Phi) is 6.24. The second-order valence-electron chi connectivity index (χ2n) is 8.24. The molecule has 164 valence electrons. The Bertz CT molecular complexity index is 1020. The second-order valence-corrected chi connectivity index (χ2v) is 9.18. The van der Waals surface area contributed by atoms with Crippen molar-refractivity contribution in [3.63, 3.8) is 0 Å². The van der Waals surface area contributed by atoms with Gasteiger partial charge in [-0.05, 0) is 42.2 Å². The number of fused-ring (bicyclic) bond motifs is 1. The first-order chi connectivity index (χ1) is 15.3. The van der Waals surface area contributed by atoms with Crippen LogP contribution in [0.2, 0.25) is 0 Å². The van der Waals surface area contributed by atoms with Gasteiger partial charge in [-0.3, -0.25) is 0 Å². The third-order valence-corrected chi connectivity index (χ3v) is 6.98. The number of hydrogen-bond donors (Lipinski definition) is 0. The summed E-state index contributed by atoms with van der Waals surface area (Å²) in [6.07, 6.45) is 3.37. The van der Waals surface area contributed by atoms with Crippen LogP contribution in [0.25, 0.3) is 10.9 Å². The molecule has 2 aromatic heterocycles. The third-order valence-electron chi connectivity index (χ3n) is 6.06. The highest BCUT2D eigenvalue weighted by Crippen LogP contribution is 2.31. The van der Waals surface area contributed by atoms with E-state index in [1.807, 2.05) is 0 Å². The molecule has 2 aliphatic rings. The number of hydrogen-bond acceptors (Lipinski definition) is 9. The molecule has 1 aromatic carbocycles. The predicted molar refractivity (Wildman–Crippen MR) is 122 cm³/mol. The van der Waals surface area contributed by atoms with Gasteiger partial charge in [0.25, 0.3) is 0 Å². The Morgan fingerprint density at radius 2 is 2.06 bits per heavy atom. The molecule has 0 N–H and O–H groups in total. The number of thiazole rings is 1. The summed E-state index contributed by atoms with van der Waals surface area (Å²) in [6, 6.07) is 6.46. The lowest BCUT2D eigenvalue weighted by Gasteiger charge is -2.33. The average molecular weight is 441 g/mol. The summed E-state index contributed by atoms with van der Waals surface area (Å²) in [5.41, 5.74) is 3.10. The molecular formula is C22H28N6O2S. The van der Waals surface area contributed by atoms with E-state index in [0.717, 1.165) is 74.6 Å². The van der Waals surface area contributed by atoms with E-state index in [4.69, 9.17) is 14.5 Å². The maximum atomic E-state index is 5.48. The topological polar surface area (TPSA) is 76.5 Å². The number of nitrogens with zero attached hydrogens (tertiary/aromatic N) is 6. The monoisotopic (exact) mass is 440 g/mol. The lowest BCUT2D eigenvalue weighted by atomic mass is 9.95. The molecule has 0 aliphatic carbocycles. The van der Waals surface area contributed by atoms with E-state index >= 15 is 0 Å². The Morgan fingerprint density at radius 3 is 2.94 bits per heavy atom. The molecule has 0 amide bonds. The standard InChI is InChI=1S/C22H28N6O2S/c1-29-14-17-15-31-21(23-17)11-16-3-2-6-28(13-16)22-19-5-4-18(12-20(19)24-26-25-22)27-7-9-30-10-8-27/h4-5,12,15-16H,2-3,6-11,13-14H2,1H3. The molecule has 3 aromatic rings. The minimum atomic E-state index is 0.563. The molecule has 1 atom stereocenters. The lowest BCUT2D eigenvalue weighted by Crippen LogP contribution is -2.37. The van der Waals surface area contributed by atoms with E-state index in [1.54, 1.807) is 18.4 Å². The van der Waals surface area contributed by atoms with Gasteiger partial charge < -0.3 is 19.3 Å². The van der Waals surface area contributed by atoms with Crippen molar-refractivity contribution in [1.29, 1.82) is 0 Å². The Balaban J connectivity index is 1.33. The first kappa shape index (κ1) is 20.5. The van der Waals surface area contributed by atoms with Gasteiger partial charge in [0.15, 0.2) is 5.82 Å². The number of aromatic nitrogens is 4. The van der Waals surface area contributed by atoms with Crippen molar-refractivity contribution in [3.05, 3.63) is 34.3 Å². The molecule has 0 spiro atoms. The summed E-state index contributed by atoms with van der Waals surface area (Å²) < 4.78 is 10.7. The van der Waals surface area contributed by atoms with Crippen molar-refractivity contribution in [1.82, 2.24) is 20.4 Å². The van der Waals surface area contributed by atoms with Crippen LogP contribution < -0.4 is 9.80 Å². The second kappa shape index (κ2) is 9.42. The maximum absolute atomic E-state index is 5.48. The number of anilines is 2. The zero-order chi connectivity index (χ0) is 21.0. The zero-order valence-corrected chi connectivity index (χ0v) is 18.7. The van der Waals surface area contributed by atoms with Crippen LogP contribution in [0.4, 0.5) is 11.5 Å². The normalized spacial score (nSPS) is 19.8. The molecular weight excluding hydrogens is 412 g/mol. The summed E-state index contributed by atoms with van der Waals surface area (Å²) in [6.45, 7) is 5.92. The highest BCUT2D eigenvalue weighted by Gasteiger charge is 2.24. The first-order valence-corrected chi connectivity index (χ1v) is 11.8. The quantitative estimate of drug-likeness (QED) is 0.579. The van der Waals surface area contributed by atoms with Crippen LogP contribution in [-0.4, -0.2) is 66.9 Å². The van der Waals surface area contributed by atoms with Crippen molar-refractivity contribution < 1.29 is 9.47 Å². The largest absolute Gasteiger partial charge is 0.378 e. The minimum Gasteiger partial charge on any atom is -0.378 e. The van der Waals surface area contributed by atoms with Gasteiger partial charge in [0.1, 0.15) is 5.52 Å². The van der Waals surface area contributed by atoms with Crippen molar-refractivity contribution in [2.75, 3.05) is 56.3 Å². The molecule has 31 heavy (non-hydrogen) atoms. The van der Waals surface area contributed by atoms with Crippen LogP contribution in [0, 0.1) is 5.92 Å². The number of benzene rings is 1. The van der Waals surface area contributed by atoms with E-state index < -0.39 is 0 Å². The van der Waals surface area contributed by atoms with Crippen molar-refractivity contribution in [2.45, 2.75) is 25.9 Å². The summed E-state index contributed by atoms with van der Waals surface area (Å²) in [4.78, 5) is 9.44. The number of piperidine rings is 1. The SMILES string of the molecule is COCc1csc(CC2CCCN(c3nnnc4cc(N5CCOCC5)ccc34)C2)n1. The maximum Gasteiger partial charge on any atom is 0.162 e. The summed E-state index contributed by atoms with van der Waals surface area (Å²) in [5.74, 6) is 1.51. The predicted octanol–water partition coefficient (Wildman–Crippen LogP) is 2.92. The molecule has 2 saturated heterocycles. The number of ether oxygens (including phenoxy) is 2. The summed E-state index contributed by atoms with van der Waals surface area (Å²) >= 11 is 1.74. The molecule has 4 heterocycles.